The second kappa shape index (κ2) is 121. The Kier molecular flexibility index (Phi) is 1320. The van der Waals surface area contributed by atoms with Gasteiger partial charge in [0.15, 0.2) is 0 Å². The van der Waals surface area contributed by atoms with Crippen molar-refractivity contribution in [3.05, 3.63) is 0 Å². The minimum atomic E-state index is 0. The molecule has 0 heterocycles. The Hall–Kier alpha value is 7.32. The maximum Gasteiger partial charge on any atom is 1.00 e. The second-order valence-corrected chi connectivity index (χ2v) is 0. The summed E-state index contributed by atoms with van der Waals surface area (Å²) in [6, 6.07) is 0. The van der Waals surface area contributed by atoms with E-state index in [4.69, 9.17) is 0 Å². The van der Waals surface area contributed by atoms with Crippen LogP contribution in [0.1, 0.15) is 7.13 Å². The number of halogens is 8. The summed E-state index contributed by atoms with van der Waals surface area (Å²) < 4.78 is 0. The van der Waals surface area contributed by atoms with Gasteiger partial charge in [-0.1, -0.05) is 0 Å². The molecule has 0 amide bonds. The van der Waals surface area contributed by atoms with E-state index in [1.807, 2.05) is 0 Å². The minimum Gasteiger partial charge on any atom is -1.00 e. The second-order valence-electron chi connectivity index (χ2n) is 0. The molecular weight excluding hydrogens is 399 g/mol. The van der Waals surface area contributed by atoms with Gasteiger partial charge in [-0.3, -0.25) is 0 Å². The van der Waals surface area contributed by atoms with Crippen molar-refractivity contribution in [2.45, 2.75) is 0 Å². The number of hydrogen-bond donors (Lipinski definition) is 0. The molecule has 0 spiro atoms. The van der Waals surface area contributed by atoms with E-state index >= 15 is 0 Å². The Balaban J connectivity index is 0. The average Bonchev–Trinajstić information content (AvgIpc) is 0. The summed E-state index contributed by atoms with van der Waals surface area (Å²) in [5, 5.41) is 0. The van der Waals surface area contributed by atoms with Gasteiger partial charge < -0.3 is 7.13 Å². The van der Waals surface area contributed by atoms with Crippen LogP contribution in [0.15, 0.2) is 0 Å². The fourth-order valence-electron chi connectivity index (χ4n) is 0. The van der Waals surface area contributed by atoms with Gasteiger partial charge in [-0.05, 0) is 0 Å². The van der Waals surface area contributed by atoms with E-state index in [0.717, 1.165) is 0 Å². The van der Waals surface area contributed by atoms with Crippen molar-refractivity contribution >= 4 is 99.3 Å². The maximum absolute atomic E-state index is 0. The first-order valence-electron chi connectivity index (χ1n) is 0. The zero-order valence-electron chi connectivity index (χ0n) is 13.3. The zero-order chi connectivity index (χ0) is 0. The summed E-state index contributed by atoms with van der Waals surface area (Å²) in [5.41, 5.74) is 0. The van der Waals surface area contributed by atoms with E-state index in [2.05, 4.69) is 0 Å². The third-order valence-electron chi connectivity index (χ3n) is 0. The van der Waals surface area contributed by atoms with Gasteiger partial charge in [-0.2, -0.15) is 0 Å². The Morgan fingerprint density at radius 1 is 0.231 bits per heavy atom. The predicted octanol–water partition coefficient (Wildman–Crippen LogP) is -11.0. The monoisotopic (exact) mass is 408 g/mol. The smallest absolute Gasteiger partial charge is 1.00 e. The molecule has 0 radical (unpaired) electrons. The van der Waals surface area contributed by atoms with Gasteiger partial charge in [0.1, 0.15) is 0 Å². The van der Waals surface area contributed by atoms with E-state index in [1.165, 1.54) is 0 Å². The molecule has 0 aliphatic carbocycles. The fourth-order valence-corrected chi connectivity index (χ4v) is 0. The van der Waals surface area contributed by atoms with Crippen molar-refractivity contribution in [3.63, 3.8) is 0 Å². The van der Waals surface area contributed by atoms with E-state index in [1.54, 1.807) is 0 Å². The summed E-state index contributed by atoms with van der Waals surface area (Å²) in [5.74, 6) is 0. The van der Waals surface area contributed by atoms with E-state index in [9.17, 15) is 0 Å². The van der Waals surface area contributed by atoms with Crippen LogP contribution >= 0.6 is 99.3 Å². The van der Waals surface area contributed by atoms with Crippen LogP contribution in [0.25, 0.3) is 0 Å². The molecule has 0 fully saturated rings. The molecular formula is H13Cl8Na5. The van der Waals surface area contributed by atoms with Crippen LogP contribution in [0.4, 0.5) is 0 Å². The van der Waals surface area contributed by atoms with Crippen molar-refractivity contribution in [1.82, 2.24) is 0 Å². The predicted molar refractivity (Wildman–Crippen MR) is 63.5 cm³/mol. The molecule has 0 N–H and O–H groups in total. The Morgan fingerprint density at radius 2 is 0.231 bits per heavy atom. The standard InChI is InChI=1S/8ClH.5Na.5H/h8*1H;;;;;;;;;;/q;;;;;;;;5*+1;5*-1. The third-order valence-corrected chi connectivity index (χ3v) is 0. The molecule has 0 saturated heterocycles. The largest absolute Gasteiger partial charge is 1.00 e. The van der Waals surface area contributed by atoms with Crippen LogP contribution in [0.2, 0.25) is 0 Å². The summed E-state index contributed by atoms with van der Waals surface area (Å²) in [4.78, 5) is 0. The van der Waals surface area contributed by atoms with Gasteiger partial charge in [-0.25, -0.2) is 0 Å². The number of rotatable bonds is 0. The van der Waals surface area contributed by atoms with Gasteiger partial charge in [0.2, 0.25) is 0 Å². The molecule has 0 unspecified atom stereocenters. The van der Waals surface area contributed by atoms with Gasteiger partial charge in [0.05, 0.1) is 0 Å². The summed E-state index contributed by atoms with van der Waals surface area (Å²) >= 11 is 0. The Labute approximate surface area is 248 Å². The molecule has 0 nitrogen and oxygen atoms in total. The van der Waals surface area contributed by atoms with Crippen LogP contribution in [-0.2, 0) is 0 Å². The van der Waals surface area contributed by atoms with Gasteiger partial charge in [0, 0.05) is 0 Å². The molecule has 0 rings (SSSR count). The van der Waals surface area contributed by atoms with Crippen LogP contribution in [0.5, 0.6) is 0 Å². The van der Waals surface area contributed by atoms with Gasteiger partial charge >= 0.3 is 148 Å². The summed E-state index contributed by atoms with van der Waals surface area (Å²) in [7, 11) is 0. The molecule has 13 heteroatoms. The first-order chi connectivity index (χ1) is 0. The molecule has 0 saturated carbocycles. The van der Waals surface area contributed by atoms with Crippen molar-refractivity contribution < 1.29 is 155 Å². The quantitative estimate of drug-likeness (QED) is 0.348. The first kappa shape index (κ1) is 142. The van der Waals surface area contributed by atoms with E-state index in [-0.39, 0.29) is 254 Å². The molecule has 0 aromatic heterocycles. The zero-order valence-corrected chi connectivity index (χ0v) is 24.8. The first-order valence-corrected chi connectivity index (χ1v) is 0. The van der Waals surface area contributed by atoms with Gasteiger partial charge in [-0.15, -0.1) is 99.3 Å². The van der Waals surface area contributed by atoms with E-state index < -0.39 is 0 Å². The van der Waals surface area contributed by atoms with Crippen molar-refractivity contribution in [2.24, 2.45) is 0 Å². The fraction of sp³-hybridized carbons (Fsp3) is 0. The SMILES string of the molecule is Cl.Cl.Cl.Cl.Cl.Cl.Cl.Cl.[H-].[H-].[H-].[H-].[H-].[Na+].[Na+].[Na+].[Na+].[Na+]. The average molecular weight is 412 g/mol. The molecule has 74 valence electrons. The number of hydrogen-bond acceptors (Lipinski definition) is 0. The van der Waals surface area contributed by atoms with Crippen LogP contribution in [0.3, 0.4) is 0 Å². The normalized spacial score (nSPS) is 0. The molecule has 0 atom stereocenters. The van der Waals surface area contributed by atoms with Gasteiger partial charge in [0.25, 0.3) is 0 Å². The molecule has 0 aliphatic rings. The summed E-state index contributed by atoms with van der Waals surface area (Å²) in [6.45, 7) is 0. The third kappa shape index (κ3) is 108. The van der Waals surface area contributed by atoms with E-state index in [0.29, 0.717) is 0 Å². The molecule has 0 bridgehead atoms. The molecule has 13 heavy (non-hydrogen) atoms. The molecule has 0 aromatic carbocycles. The molecule has 0 aliphatic heterocycles. The Bertz CT molecular complexity index is 27.8. The minimum absolute atomic E-state index is 0. The van der Waals surface area contributed by atoms with Crippen molar-refractivity contribution in [2.75, 3.05) is 0 Å². The molecule has 0 aromatic rings. The Morgan fingerprint density at radius 3 is 0.231 bits per heavy atom. The topological polar surface area (TPSA) is 0 Å². The van der Waals surface area contributed by atoms with Crippen LogP contribution in [-0.4, -0.2) is 0 Å². The van der Waals surface area contributed by atoms with Crippen LogP contribution in [0, 0.1) is 0 Å². The maximum atomic E-state index is 0. The van der Waals surface area contributed by atoms with Crippen molar-refractivity contribution in [3.8, 4) is 0 Å². The summed E-state index contributed by atoms with van der Waals surface area (Å²) in [6.07, 6.45) is 0. The van der Waals surface area contributed by atoms with Crippen LogP contribution < -0.4 is 148 Å². The van der Waals surface area contributed by atoms with Crippen molar-refractivity contribution in [1.29, 1.82) is 0 Å².